The van der Waals surface area contributed by atoms with Gasteiger partial charge in [0.2, 0.25) is 0 Å². The molecule has 2 aromatic rings. The van der Waals surface area contributed by atoms with Gasteiger partial charge >= 0.3 is 5.97 Å². The van der Waals surface area contributed by atoms with Gasteiger partial charge in [0.1, 0.15) is 0 Å². The van der Waals surface area contributed by atoms with Crippen LogP contribution in [-0.4, -0.2) is 40.9 Å². The SMILES string of the molecule is Cl.O=C(O)c1ccnc2ccc(N3CC[C@H](CO)C3)cc12. The van der Waals surface area contributed by atoms with E-state index >= 15 is 0 Å². The van der Waals surface area contributed by atoms with E-state index in [1.54, 1.807) is 0 Å². The quantitative estimate of drug-likeness (QED) is 0.909. The highest BCUT2D eigenvalue weighted by Crippen LogP contribution is 2.27. The molecule has 21 heavy (non-hydrogen) atoms. The predicted octanol–water partition coefficient (Wildman–Crippen LogP) is 2.17. The van der Waals surface area contributed by atoms with E-state index in [0.29, 0.717) is 16.8 Å². The zero-order chi connectivity index (χ0) is 14.1. The molecular formula is C15H17ClN2O3. The van der Waals surface area contributed by atoms with E-state index < -0.39 is 5.97 Å². The second kappa shape index (κ2) is 6.28. The largest absolute Gasteiger partial charge is 0.478 e. The van der Waals surface area contributed by atoms with E-state index in [4.69, 9.17) is 0 Å². The van der Waals surface area contributed by atoms with E-state index in [1.165, 1.54) is 12.3 Å². The van der Waals surface area contributed by atoms with Gasteiger partial charge in [-0.1, -0.05) is 0 Å². The Kier molecular flexibility index (Phi) is 4.65. The minimum absolute atomic E-state index is 0. The molecule has 112 valence electrons. The maximum atomic E-state index is 11.3. The highest BCUT2D eigenvalue weighted by Gasteiger charge is 2.22. The molecule has 0 amide bonds. The number of hydrogen-bond acceptors (Lipinski definition) is 4. The van der Waals surface area contributed by atoms with E-state index in [0.717, 1.165) is 25.2 Å². The normalized spacial score (nSPS) is 17.8. The molecule has 0 unspecified atom stereocenters. The summed E-state index contributed by atoms with van der Waals surface area (Å²) in [5.74, 6) is -0.636. The van der Waals surface area contributed by atoms with Gasteiger partial charge in [0.05, 0.1) is 11.1 Å². The van der Waals surface area contributed by atoms with E-state index in [9.17, 15) is 15.0 Å². The Morgan fingerprint density at radius 3 is 2.86 bits per heavy atom. The van der Waals surface area contributed by atoms with Gasteiger partial charge in [-0.25, -0.2) is 4.79 Å². The zero-order valence-corrected chi connectivity index (χ0v) is 12.2. The first kappa shape index (κ1) is 15.5. The maximum absolute atomic E-state index is 11.3. The zero-order valence-electron chi connectivity index (χ0n) is 11.4. The lowest BCUT2D eigenvalue weighted by atomic mass is 10.1. The Hall–Kier alpha value is -1.85. The second-order valence-electron chi connectivity index (χ2n) is 5.15. The molecular weight excluding hydrogens is 292 g/mol. The van der Waals surface area contributed by atoms with Gasteiger partial charge in [0.25, 0.3) is 0 Å². The third-order valence-electron chi connectivity index (χ3n) is 3.86. The molecule has 2 N–H and O–H groups in total. The van der Waals surface area contributed by atoms with Crippen molar-refractivity contribution in [1.82, 2.24) is 4.98 Å². The molecule has 1 aromatic carbocycles. The average Bonchev–Trinajstić information content (AvgIpc) is 2.94. The van der Waals surface area contributed by atoms with Crippen LogP contribution in [0.1, 0.15) is 16.8 Å². The molecule has 0 aliphatic carbocycles. The Labute approximate surface area is 128 Å². The molecule has 1 atom stereocenters. The summed E-state index contributed by atoms with van der Waals surface area (Å²) in [4.78, 5) is 17.7. The first-order valence-electron chi connectivity index (χ1n) is 6.67. The number of anilines is 1. The van der Waals surface area contributed by atoms with Crippen LogP contribution in [0.4, 0.5) is 5.69 Å². The molecule has 0 radical (unpaired) electrons. The number of carboxylic acid groups (broad SMARTS) is 1. The number of aromatic carboxylic acids is 1. The Bertz CT molecular complexity index is 662. The summed E-state index contributed by atoms with van der Waals surface area (Å²) < 4.78 is 0. The van der Waals surface area contributed by atoms with Crippen molar-refractivity contribution < 1.29 is 15.0 Å². The number of rotatable bonds is 3. The molecule has 0 saturated carbocycles. The van der Waals surface area contributed by atoms with Crippen molar-refractivity contribution in [2.75, 3.05) is 24.6 Å². The molecule has 3 rings (SSSR count). The van der Waals surface area contributed by atoms with Crippen molar-refractivity contribution in [3.63, 3.8) is 0 Å². The fourth-order valence-corrected chi connectivity index (χ4v) is 2.73. The fraction of sp³-hybridized carbons (Fsp3) is 0.333. The van der Waals surface area contributed by atoms with Crippen LogP contribution >= 0.6 is 12.4 Å². The fourth-order valence-electron chi connectivity index (χ4n) is 2.73. The molecule has 0 bridgehead atoms. The van der Waals surface area contributed by atoms with Crippen molar-refractivity contribution in [3.05, 3.63) is 36.0 Å². The molecule has 2 heterocycles. The van der Waals surface area contributed by atoms with Gasteiger partial charge in [-0.3, -0.25) is 4.98 Å². The highest BCUT2D eigenvalue weighted by atomic mass is 35.5. The molecule has 1 fully saturated rings. The Balaban J connectivity index is 0.00000161. The number of pyridine rings is 1. The minimum atomic E-state index is -0.941. The molecule has 0 spiro atoms. The lowest BCUT2D eigenvalue weighted by Crippen LogP contribution is -2.20. The van der Waals surface area contributed by atoms with E-state index in [1.807, 2.05) is 18.2 Å². The molecule has 1 aliphatic heterocycles. The summed E-state index contributed by atoms with van der Waals surface area (Å²) >= 11 is 0. The maximum Gasteiger partial charge on any atom is 0.336 e. The van der Waals surface area contributed by atoms with Crippen LogP contribution in [0, 0.1) is 5.92 Å². The van der Waals surface area contributed by atoms with Crippen LogP contribution < -0.4 is 4.90 Å². The summed E-state index contributed by atoms with van der Waals surface area (Å²) in [6.07, 6.45) is 2.48. The van der Waals surface area contributed by atoms with Gasteiger partial charge in [-0.15, -0.1) is 12.4 Å². The van der Waals surface area contributed by atoms with Crippen molar-refractivity contribution >= 4 is 35.0 Å². The number of aromatic nitrogens is 1. The standard InChI is InChI=1S/C15H16N2O3.ClH/c18-9-10-4-6-17(8-10)11-1-2-14-13(7-11)12(15(19)20)3-5-16-14;/h1-3,5,7,10,18H,4,6,8-9H2,(H,19,20);1H/t10-;/m0./s1. The van der Waals surface area contributed by atoms with Crippen molar-refractivity contribution in [1.29, 1.82) is 0 Å². The summed E-state index contributed by atoms with van der Waals surface area (Å²) in [6, 6.07) is 7.21. The van der Waals surface area contributed by atoms with Gasteiger partial charge in [-0.2, -0.15) is 0 Å². The van der Waals surface area contributed by atoms with Crippen LogP contribution in [-0.2, 0) is 0 Å². The smallest absolute Gasteiger partial charge is 0.336 e. The van der Waals surface area contributed by atoms with Crippen LogP contribution in [0.5, 0.6) is 0 Å². The molecule has 1 aromatic heterocycles. The van der Waals surface area contributed by atoms with Crippen molar-refractivity contribution in [2.24, 2.45) is 5.92 Å². The highest BCUT2D eigenvalue weighted by molar-refractivity contribution is 6.03. The van der Waals surface area contributed by atoms with Gasteiger partial charge in [0.15, 0.2) is 0 Å². The second-order valence-corrected chi connectivity index (χ2v) is 5.15. The van der Waals surface area contributed by atoms with Crippen LogP contribution in [0.25, 0.3) is 10.9 Å². The van der Waals surface area contributed by atoms with Gasteiger partial charge in [-0.05, 0) is 30.7 Å². The number of aliphatic hydroxyl groups is 1. The van der Waals surface area contributed by atoms with E-state index in [-0.39, 0.29) is 24.6 Å². The summed E-state index contributed by atoms with van der Waals surface area (Å²) in [5, 5.41) is 19.1. The molecule has 5 nitrogen and oxygen atoms in total. The monoisotopic (exact) mass is 308 g/mol. The lowest BCUT2D eigenvalue weighted by molar-refractivity contribution is 0.0699. The number of carboxylic acids is 1. The first-order chi connectivity index (χ1) is 9.69. The Morgan fingerprint density at radius 1 is 1.38 bits per heavy atom. The van der Waals surface area contributed by atoms with Gasteiger partial charge in [0, 0.05) is 42.9 Å². The van der Waals surface area contributed by atoms with E-state index in [2.05, 4.69) is 9.88 Å². The predicted molar refractivity (Wildman–Crippen MR) is 83.4 cm³/mol. The van der Waals surface area contributed by atoms with Crippen LogP contribution in [0.3, 0.4) is 0 Å². The third-order valence-corrected chi connectivity index (χ3v) is 3.86. The summed E-state index contributed by atoms with van der Waals surface area (Å²) in [6.45, 7) is 1.90. The van der Waals surface area contributed by atoms with Crippen LogP contribution in [0.2, 0.25) is 0 Å². The molecule has 1 aliphatic rings. The van der Waals surface area contributed by atoms with Crippen molar-refractivity contribution in [2.45, 2.75) is 6.42 Å². The topological polar surface area (TPSA) is 73.7 Å². The summed E-state index contributed by atoms with van der Waals surface area (Å²) in [7, 11) is 0. The number of aliphatic hydroxyl groups excluding tert-OH is 1. The molecule has 6 heteroatoms. The van der Waals surface area contributed by atoms with Crippen molar-refractivity contribution in [3.8, 4) is 0 Å². The van der Waals surface area contributed by atoms with Crippen LogP contribution in [0.15, 0.2) is 30.5 Å². The number of hydrogen-bond donors (Lipinski definition) is 2. The van der Waals surface area contributed by atoms with Gasteiger partial charge < -0.3 is 15.1 Å². The number of fused-ring (bicyclic) bond motifs is 1. The third kappa shape index (κ3) is 2.94. The first-order valence-corrected chi connectivity index (χ1v) is 6.67. The number of nitrogens with zero attached hydrogens (tertiary/aromatic N) is 2. The number of halogens is 1. The summed E-state index contributed by atoms with van der Waals surface area (Å²) in [5.41, 5.74) is 1.95. The minimum Gasteiger partial charge on any atom is -0.478 e. The number of benzene rings is 1. The lowest BCUT2D eigenvalue weighted by Gasteiger charge is -2.19. The average molecular weight is 309 g/mol. The number of carbonyl (C=O) groups is 1. The Morgan fingerprint density at radius 2 is 2.19 bits per heavy atom. The molecule has 1 saturated heterocycles.